The summed E-state index contributed by atoms with van der Waals surface area (Å²) in [7, 11) is 0. The van der Waals surface area contributed by atoms with Gasteiger partial charge in [0.1, 0.15) is 0 Å². The molecule has 0 atom stereocenters. The van der Waals surface area contributed by atoms with Gasteiger partial charge in [0, 0.05) is 42.6 Å². The minimum absolute atomic E-state index is 0.00240. The number of carbonyl (C=O) groups is 2. The summed E-state index contributed by atoms with van der Waals surface area (Å²) in [6.07, 6.45) is 3.84. The van der Waals surface area contributed by atoms with E-state index in [9.17, 15) is 9.59 Å². The molecule has 0 spiro atoms. The van der Waals surface area contributed by atoms with Gasteiger partial charge < -0.3 is 9.64 Å². The Balaban J connectivity index is 1.28. The van der Waals surface area contributed by atoms with E-state index in [2.05, 4.69) is 16.6 Å². The predicted octanol–water partition coefficient (Wildman–Crippen LogP) is 4.59. The van der Waals surface area contributed by atoms with Crippen LogP contribution >= 0.6 is 0 Å². The highest BCUT2D eigenvalue weighted by Gasteiger charge is 2.14. The fraction of sp³-hybridized carbons (Fsp3) is 0.207. The van der Waals surface area contributed by atoms with Gasteiger partial charge in [-0.2, -0.15) is 5.10 Å². The maximum atomic E-state index is 12.9. The standard InChI is InChI=1S/C29H27N3O3/c1-2-27(33)18-21-3-8-26(9-4-21)32-28-12-5-22(17-24(28)20-30-32)19-29(34)23-6-10-25(11-7-23)31-13-15-35-16-14-31/h2-12,17,20H,1,13-16,18-19H2. The van der Waals surface area contributed by atoms with Crippen molar-refractivity contribution in [2.75, 3.05) is 31.2 Å². The molecule has 4 aromatic rings. The van der Waals surface area contributed by atoms with Gasteiger partial charge in [0.15, 0.2) is 11.6 Å². The SMILES string of the molecule is C=CC(=O)Cc1ccc(-n2ncc3cc(CC(=O)c4ccc(N5CCOCC5)cc4)ccc32)cc1. The lowest BCUT2D eigenvalue weighted by atomic mass is 10.0. The van der Waals surface area contributed by atoms with Crippen molar-refractivity contribution in [1.29, 1.82) is 0 Å². The van der Waals surface area contributed by atoms with Gasteiger partial charge in [0.2, 0.25) is 0 Å². The molecule has 1 saturated heterocycles. The topological polar surface area (TPSA) is 64.4 Å². The summed E-state index contributed by atoms with van der Waals surface area (Å²) in [4.78, 5) is 26.8. The number of benzene rings is 3. The number of hydrogen-bond donors (Lipinski definition) is 0. The van der Waals surface area contributed by atoms with Gasteiger partial charge in [0.05, 0.1) is 30.6 Å². The lowest BCUT2D eigenvalue weighted by molar-refractivity contribution is -0.114. The van der Waals surface area contributed by atoms with Crippen molar-refractivity contribution in [2.24, 2.45) is 0 Å². The zero-order valence-electron chi connectivity index (χ0n) is 19.5. The Morgan fingerprint density at radius 2 is 1.57 bits per heavy atom. The van der Waals surface area contributed by atoms with Gasteiger partial charge in [-0.05, 0) is 65.7 Å². The summed E-state index contributed by atoms with van der Waals surface area (Å²) in [6.45, 7) is 6.75. The van der Waals surface area contributed by atoms with Gasteiger partial charge >= 0.3 is 0 Å². The van der Waals surface area contributed by atoms with E-state index < -0.39 is 0 Å². The van der Waals surface area contributed by atoms with E-state index in [-0.39, 0.29) is 11.6 Å². The van der Waals surface area contributed by atoms with Crippen LogP contribution in [0.2, 0.25) is 0 Å². The van der Waals surface area contributed by atoms with Crippen LogP contribution in [0.25, 0.3) is 16.6 Å². The third kappa shape index (κ3) is 5.08. The minimum Gasteiger partial charge on any atom is -0.378 e. The van der Waals surface area contributed by atoms with Crippen LogP contribution in [0.4, 0.5) is 5.69 Å². The Morgan fingerprint density at radius 3 is 2.29 bits per heavy atom. The monoisotopic (exact) mass is 465 g/mol. The lowest BCUT2D eigenvalue weighted by Gasteiger charge is -2.28. The molecular formula is C29H27N3O3. The summed E-state index contributed by atoms with van der Waals surface area (Å²) >= 11 is 0. The maximum absolute atomic E-state index is 12.9. The molecule has 3 aromatic carbocycles. The molecule has 0 amide bonds. The van der Waals surface area contributed by atoms with E-state index >= 15 is 0 Å². The maximum Gasteiger partial charge on any atom is 0.167 e. The van der Waals surface area contributed by atoms with Crippen LogP contribution in [-0.2, 0) is 22.4 Å². The summed E-state index contributed by atoms with van der Waals surface area (Å²) in [5, 5.41) is 5.52. The van der Waals surface area contributed by atoms with E-state index in [1.165, 1.54) is 6.08 Å². The molecule has 6 nitrogen and oxygen atoms in total. The highest BCUT2D eigenvalue weighted by molar-refractivity contribution is 5.98. The lowest BCUT2D eigenvalue weighted by Crippen LogP contribution is -2.36. The summed E-state index contributed by atoms with van der Waals surface area (Å²) in [6, 6.07) is 21.6. The molecule has 0 bridgehead atoms. The molecule has 0 unspecified atom stereocenters. The minimum atomic E-state index is -0.00240. The second-order valence-corrected chi connectivity index (χ2v) is 8.71. The third-order valence-electron chi connectivity index (χ3n) is 6.35. The highest BCUT2D eigenvalue weighted by Crippen LogP contribution is 2.22. The zero-order chi connectivity index (χ0) is 24.2. The highest BCUT2D eigenvalue weighted by atomic mass is 16.5. The van der Waals surface area contributed by atoms with Crippen LogP contribution in [0.15, 0.2) is 85.6 Å². The first-order chi connectivity index (χ1) is 17.1. The first-order valence-corrected chi connectivity index (χ1v) is 11.8. The van der Waals surface area contributed by atoms with Crippen LogP contribution in [-0.4, -0.2) is 47.7 Å². The third-order valence-corrected chi connectivity index (χ3v) is 6.35. The van der Waals surface area contributed by atoms with Crippen LogP contribution in [0.1, 0.15) is 21.5 Å². The number of ether oxygens (including phenoxy) is 1. The molecule has 5 rings (SSSR count). The fourth-order valence-electron chi connectivity index (χ4n) is 4.39. The average molecular weight is 466 g/mol. The van der Waals surface area contributed by atoms with Crippen LogP contribution in [0.3, 0.4) is 0 Å². The number of hydrogen-bond acceptors (Lipinski definition) is 5. The Kier molecular flexibility index (Phi) is 6.55. The molecule has 0 N–H and O–H groups in total. The summed E-state index contributed by atoms with van der Waals surface area (Å²) < 4.78 is 7.28. The van der Waals surface area contributed by atoms with Crippen molar-refractivity contribution in [3.05, 3.63) is 102 Å². The van der Waals surface area contributed by atoms with Crippen molar-refractivity contribution in [2.45, 2.75) is 12.8 Å². The second-order valence-electron chi connectivity index (χ2n) is 8.71. The van der Waals surface area contributed by atoms with E-state index in [0.29, 0.717) is 18.4 Å². The van der Waals surface area contributed by atoms with Gasteiger partial charge in [-0.15, -0.1) is 0 Å². The predicted molar refractivity (Wildman–Crippen MR) is 137 cm³/mol. The van der Waals surface area contributed by atoms with Gasteiger partial charge in [-0.3, -0.25) is 9.59 Å². The summed E-state index contributed by atoms with van der Waals surface area (Å²) in [5.41, 5.74) is 5.61. The molecule has 2 heterocycles. The molecule has 0 radical (unpaired) electrons. The molecule has 0 aliphatic carbocycles. The van der Waals surface area contributed by atoms with E-state index in [4.69, 9.17) is 4.74 Å². The van der Waals surface area contributed by atoms with Gasteiger partial charge in [-0.25, -0.2) is 4.68 Å². The molecule has 1 aliphatic rings. The molecule has 0 saturated carbocycles. The number of allylic oxidation sites excluding steroid dienone is 1. The van der Waals surface area contributed by atoms with Gasteiger partial charge in [-0.1, -0.05) is 24.8 Å². The number of Topliss-reactive ketones (excluding diaryl/α,β-unsaturated/α-hetero) is 1. The molecule has 6 heteroatoms. The molecule has 1 fully saturated rings. The van der Waals surface area contributed by atoms with Crippen molar-refractivity contribution >= 4 is 28.2 Å². The van der Waals surface area contributed by atoms with E-state index in [0.717, 1.165) is 59.7 Å². The summed E-state index contributed by atoms with van der Waals surface area (Å²) in [5.74, 6) is 0.0901. The number of aromatic nitrogens is 2. The second kappa shape index (κ2) is 10.1. The first kappa shape index (κ1) is 22.7. The Hall–Kier alpha value is -4.03. The van der Waals surface area contributed by atoms with E-state index in [1.807, 2.05) is 77.6 Å². The smallest absolute Gasteiger partial charge is 0.167 e. The fourth-order valence-corrected chi connectivity index (χ4v) is 4.39. The first-order valence-electron chi connectivity index (χ1n) is 11.8. The van der Waals surface area contributed by atoms with Crippen LogP contribution in [0.5, 0.6) is 0 Å². The number of ketones is 2. The normalized spacial score (nSPS) is 13.7. The van der Waals surface area contributed by atoms with Crippen molar-refractivity contribution < 1.29 is 14.3 Å². The number of anilines is 1. The zero-order valence-corrected chi connectivity index (χ0v) is 19.5. The Bertz CT molecular complexity index is 1360. The largest absolute Gasteiger partial charge is 0.378 e. The van der Waals surface area contributed by atoms with Crippen molar-refractivity contribution in [1.82, 2.24) is 9.78 Å². The molecule has 1 aliphatic heterocycles. The van der Waals surface area contributed by atoms with Crippen LogP contribution in [0, 0.1) is 0 Å². The van der Waals surface area contributed by atoms with Gasteiger partial charge in [0.25, 0.3) is 0 Å². The number of fused-ring (bicyclic) bond motifs is 1. The van der Waals surface area contributed by atoms with Crippen LogP contribution < -0.4 is 4.90 Å². The molecule has 176 valence electrons. The Labute approximate surface area is 204 Å². The average Bonchev–Trinajstić information content (AvgIpc) is 3.33. The number of morpholine rings is 1. The molecule has 35 heavy (non-hydrogen) atoms. The number of rotatable bonds is 8. The number of carbonyl (C=O) groups excluding carboxylic acids is 2. The van der Waals surface area contributed by atoms with Crippen molar-refractivity contribution in [3.63, 3.8) is 0 Å². The van der Waals surface area contributed by atoms with E-state index in [1.54, 1.807) is 0 Å². The molecule has 1 aromatic heterocycles. The quantitative estimate of drug-likeness (QED) is 0.281. The number of nitrogens with zero attached hydrogens (tertiary/aromatic N) is 3. The van der Waals surface area contributed by atoms with Crippen molar-refractivity contribution in [3.8, 4) is 5.69 Å². The Morgan fingerprint density at radius 1 is 0.886 bits per heavy atom. The molecular weight excluding hydrogens is 438 g/mol.